The molecule has 1 aliphatic heterocycles. The fourth-order valence-corrected chi connectivity index (χ4v) is 3.87. The molecular formula is C14H19FN2O4S. The van der Waals surface area contributed by atoms with E-state index in [1.54, 1.807) is 6.07 Å². The summed E-state index contributed by atoms with van der Waals surface area (Å²) in [5.74, 6) is -0.259. The summed E-state index contributed by atoms with van der Waals surface area (Å²) in [6, 6.07) is 3.09. The summed E-state index contributed by atoms with van der Waals surface area (Å²) in [5.41, 5.74) is 0.00876. The van der Waals surface area contributed by atoms with E-state index in [0.717, 1.165) is 0 Å². The van der Waals surface area contributed by atoms with Crippen molar-refractivity contribution < 1.29 is 22.3 Å². The van der Waals surface area contributed by atoms with Gasteiger partial charge in [-0.1, -0.05) is 0 Å². The fourth-order valence-electron chi connectivity index (χ4n) is 2.20. The van der Waals surface area contributed by atoms with Crippen LogP contribution >= 0.6 is 0 Å². The molecule has 0 unspecified atom stereocenters. The molecule has 1 aliphatic rings. The van der Waals surface area contributed by atoms with Crippen molar-refractivity contribution in [1.29, 1.82) is 0 Å². The Bertz CT molecular complexity index is 661. The molecule has 2 rings (SSSR count). The van der Waals surface area contributed by atoms with Gasteiger partial charge in [-0.15, -0.1) is 0 Å². The van der Waals surface area contributed by atoms with E-state index in [1.165, 1.54) is 12.1 Å². The molecule has 2 N–H and O–H groups in total. The van der Waals surface area contributed by atoms with Crippen LogP contribution in [-0.2, 0) is 9.84 Å². The average Bonchev–Trinajstić information content (AvgIpc) is 2.71. The molecule has 0 saturated carbocycles. The van der Waals surface area contributed by atoms with Gasteiger partial charge >= 0.3 is 6.03 Å². The van der Waals surface area contributed by atoms with Crippen LogP contribution in [0.25, 0.3) is 0 Å². The van der Waals surface area contributed by atoms with Gasteiger partial charge in [-0.3, -0.25) is 0 Å². The predicted molar refractivity (Wildman–Crippen MR) is 81.4 cm³/mol. The Morgan fingerprint density at radius 1 is 1.41 bits per heavy atom. The number of hydrogen-bond donors (Lipinski definition) is 2. The zero-order valence-corrected chi connectivity index (χ0v) is 13.2. The van der Waals surface area contributed by atoms with Crippen molar-refractivity contribution >= 4 is 21.6 Å². The summed E-state index contributed by atoms with van der Waals surface area (Å²) in [4.78, 5) is 11.8. The van der Waals surface area contributed by atoms with Crippen LogP contribution in [0.3, 0.4) is 0 Å². The highest BCUT2D eigenvalue weighted by Gasteiger charge is 2.29. The Morgan fingerprint density at radius 3 is 2.68 bits per heavy atom. The number of ether oxygens (including phenoxy) is 1. The lowest BCUT2D eigenvalue weighted by Gasteiger charge is -2.14. The van der Waals surface area contributed by atoms with E-state index >= 15 is 0 Å². The van der Waals surface area contributed by atoms with E-state index in [0.29, 0.717) is 12.2 Å². The number of hydrogen-bond acceptors (Lipinski definition) is 4. The second-order valence-corrected chi connectivity index (χ2v) is 7.74. The molecule has 1 atom stereocenters. The largest absolute Gasteiger partial charge is 0.491 e. The lowest BCUT2D eigenvalue weighted by atomic mass is 10.2. The number of amides is 2. The van der Waals surface area contributed by atoms with E-state index in [1.807, 2.05) is 13.8 Å². The third-order valence-electron chi connectivity index (χ3n) is 3.13. The quantitative estimate of drug-likeness (QED) is 0.883. The van der Waals surface area contributed by atoms with Crippen LogP contribution in [0.2, 0.25) is 0 Å². The Balaban J connectivity index is 1.94. The maximum atomic E-state index is 13.9. The zero-order valence-electron chi connectivity index (χ0n) is 12.4. The van der Waals surface area contributed by atoms with E-state index in [4.69, 9.17) is 4.74 Å². The molecule has 0 aromatic heterocycles. The Labute approximate surface area is 129 Å². The molecule has 1 aromatic rings. The highest BCUT2D eigenvalue weighted by Crippen LogP contribution is 2.21. The van der Waals surface area contributed by atoms with Gasteiger partial charge in [0.1, 0.15) is 11.6 Å². The van der Waals surface area contributed by atoms with Crippen molar-refractivity contribution in [3.8, 4) is 5.75 Å². The van der Waals surface area contributed by atoms with Crippen LogP contribution in [0.15, 0.2) is 18.2 Å². The normalized spacial score (nSPS) is 19.9. The van der Waals surface area contributed by atoms with E-state index in [9.17, 15) is 17.6 Å². The highest BCUT2D eigenvalue weighted by molar-refractivity contribution is 7.91. The number of anilines is 1. The Kier molecular flexibility index (Phi) is 4.90. The van der Waals surface area contributed by atoms with Gasteiger partial charge in [-0.05, 0) is 32.4 Å². The summed E-state index contributed by atoms with van der Waals surface area (Å²) in [5, 5.41) is 4.90. The molecule has 6 nitrogen and oxygen atoms in total. The molecule has 0 spiro atoms. The molecular weight excluding hydrogens is 311 g/mol. The number of carbonyl (C=O) groups is 1. The molecule has 0 radical (unpaired) electrons. The van der Waals surface area contributed by atoms with Gasteiger partial charge in [0, 0.05) is 12.1 Å². The SMILES string of the molecule is CC(C)Oc1ccc(NC(=O)N[C@H]2CCS(=O)(=O)C2)c(F)c1. The smallest absolute Gasteiger partial charge is 0.319 e. The highest BCUT2D eigenvalue weighted by atomic mass is 32.2. The lowest BCUT2D eigenvalue weighted by Crippen LogP contribution is -2.38. The first-order valence-electron chi connectivity index (χ1n) is 6.99. The third-order valence-corrected chi connectivity index (χ3v) is 4.90. The van der Waals surface area contributed by atoms with Crippen LogP contribution in [-0.4, -0.2) is 38.1 Å². The van der Waals surface area contributed by atoms with Crippen LogP contribution in [0.4, 0.5) is 14.9 Å². The number of halogens is 1. The van der Waals surface area contributed by atoms with Crippen LogP contribution in [0, 0.1) is 5.82 Å². The fraction of sp³-hybridized carbons (Fsp3) is 0.500. The number of rotatable bonds is 4. The number of sulfone groups is 1. The third kappa shape index (κ3) is 4.59. The first-order valence-corrected chi connectivity index (χ1v) is 8.81. The van der Waals surface area contributed by atoms with Crippen LogP contribution in [0.5, 0.6) is 5.75 Å². The number of nitrogens with one attached hydrogen (secondary N) is 2. The first kappa shape index (κ1) is 16.5. The molecule has 2 amide bonds. The maximum Gasteiger partial charge on any atom is 0.319 e. The van der Waals surface area contributed by atoms with Gasteiger partial charge in [-0.2, -0.15) is 0 Å². The molecule has 8 heteroatoms. The lowest BCUT2D eigenvalue weighted by molar-refractivity contribution is 0.241. The Morgan fingerprint density at radius 2 is 2.14 bits per heavy atom. The topological polar surface area (TPSA) is 84.5 Å². The van der Waals surface area contributed by atoms with E-state index < -0.39 is 27.7 Å². The van der Waals surface area contributed by atoms with Crippen molar-refractivity contribution in [2.45, 2.75) is 32.4 Å². The van der Waals surface area contributed by atoms with Crippen molar-refractivity contribution in [2.75, 3.05) is 16.8 Å². The van der Waals surface area contributed by atoms with E-state index in [2.05, 4.69) is 10.6 Å². The second-order valence-electron chi connectivity index (χ2n) is 5.51. The van der Waals surface area contributed by atoms with Crippen molar-refractivity contribution in [1.82, 2.24) is 5.32 Å². The van der Waals surface area contributed by atoms with Gasteiger partial charge in [0.25, 0.3) is 0 Å². The van der Waals surface area contributed by atoms with E-state index in [-0.39, 0.29) is 23.3 Å². The summed E-state index contributed by atoms with van der Waals surface area (Å²) >= 11 is 0. The van der Waals surface area contributed by atoms with Crippen LogP contribution < -0.4 is 15.4 Å². The Hall–Kier alpha value is -1.83. The van der Waals surface area contributed by atoms with Crippen molar-refractivity contribution in [2.24, 2.45) is 0 Å². The number of carbonyl (C=O) groups excluding carboxylic acids is 1. The molecule has 0 aliphatic carbocycles. The summed E-state index contributed by atoms with van der Waals surface area (Å²) in [7, 11) is -3.07. The first-order chi connectivity index (χ1) is 10.2. The summed E-state index contributed by atoms with van der Waals surface area (Å²) < 4.78 is 41.9. The molecule has 1 saturated heterocycles. The summed E-state index contributed by atoms with van der Waals surface area (Å²) in [6.45, 7) is 3.65. The van der Waals surface area contributed by atoms with Crippen molar-refractivity contribution in [3.63, 3.8) is 0 Å². The number of urea groups is 1. The predicted octanol–water partition coefficient (Wildman–Crippen LogP) is 1.92. The molecule has 1 fully saturated rings. The minimum absolute atomic E-state index is 0.00876. The molecule has 22 heavy (non-hydrogen) atoms. The van der Waals surface area contributed by atoms with Gasteiger partial charge in [0.05, 0.1) is 23.3 Å². The van der Waals surface area contributed by atoms with Gasteiger partial charge in [0.2, 0.25) is 0 Å². The monoisotopic (exact) mass is 330 g/mol. The minimum atomic E-state index is -3.07. The van der Waals surface area contributed by atoms with Crippen LogP contribution in [0.1, 0.15) is 20.3 Å². The van der Waals surface area contributed by atoms with Crippen molar-refractivity contribution in [3.05, 3.63) is 24.0 Å². The maximum absolute atomic E-state index is 13.9. The molecule has 1 aromatic carbocycles. The van der Waals surface area contributed by atoms with Gasteiger partial charge in [0.15, 0.2) is 9.84 Å². The standard InChI is InChI=1S/C14H19FN2O4S/c1-9(2)21-11-3-4-13(12(15)7-11)17-14(18)16-10-5-6-22(19,20)8-10/h3-4,7,9-10H,5-6,8H2,1-2H3,(H2,16,17,18)/t10-/m0/s1. The van der Waals surface area contributed by atoms with Gasteiger partial charge in [-0.25, -0.2) is 17.6 Å². The molecule has 122 valence electrons. The molecule has 0 bridgehead atoms. The zero-order chi connectivity index (χ0) is 16.3. The summed E-state index contributed by atoms with van der Waals surface area (Å²) in [6.07, 6.45) is 0.296. The number of benzene rings is 1. The average molecular weight is 330 g/mol. The minimum Gasteiger partial charge on any atom is -0.491 e. The van der Waals surface area contributed by atoms with Gasteiger partial charge < -0.3 is 15.4 Å². The molecule has 1 heterocycles. The second kappa shape index (κ2) is 6.51.